The topological polar surface area (TPSA) is 80.9 Å². The fraction of sp³-hybridized carbons (Fsp3) is 0.200. The smallest absolute Gasteiger partial charge is 0.259 e. The van der Waals surface area contributed by atoms with Crippen LogP contribution in [0.25, 0.3) is 22.4 Å². The number of nitrogens with one attached hydrogen (secondary N) is 1. The molecule has 0 aliphatic heterocycles. The zero-order valence-electron chi connectivity index (χ0n) is 15.8. The van der Waals surface area contributed by atoms with Gasteiger partial charge in [-0.1, -0.05) is 19.0 Å². The molecule has 4 aromatic rings. The average Bonchev–Trinajstić information content (AvgIpc) is 3.26. The molecule has 9 heteroatoms. The van der Waals surface area contributed by atoms with Gasteiger partial charge in [-0.05, 0) is 37.1 Å². The van der Waals surface area contributed by atoms with Crippen LogP contribution in [0, 0.1) is 18.6 Å². The second-order valence-electron chi connectivity index (χ2n) is 6.81. The largest absolute Gasteiger partial charge is 0.336 e. The van der Waals surface area contributed by atoms with Crippen LogP contribution in [0.2, 0.25) is 0 Å². The van der Waals surface area contributed by atoms with Crippen LogP contribution in [0.1, 0.15) is 40.7 Å². The number of hydrogen-bond acceptors (Lipinski definition) is 6. The summed E-state index contributed by atoms with van der Waals surface area (Å²) in [5.41, 5.74) is 2.36. The van der Waals surface area contributed by atoms with Crippen molar-refractivity contribution in [3.8, 4) is 11.3 Å². The van der Waals surface area contributed by atoms with Crippen molar-refractivity contribution in [1.29, 1.82) is 0 Å². The Morgan fingerprint density at radius 2 is 2.00 bits per heavy atom. The molecule has 1 amide bonds. The molecule has 0 fully saturated rings. The van der Waals surface area contributed by atoms with E-state index in [1.54, 1.807) is 13.0 Å². The lowest BCUT2D eigenvalue weighted by Gasteiger charge is -2.03. The number of amides is 1. The van der Waals surface area contributed by atoms with Crippen LogP contribution >= 0.6 is 11.3 Å². The maximum Gasteiger partial charge on any atom is 0.259 e. The highest BCUT2D eigenvalue weighted by Crippen LogP contribution is 2.31. The summed E-state index contributed by atoms with van der Waals surface area (Å²) < 4.78 is 31.9. The maximum absolute atomic E-state index is 13.5. The van der Waals surface area contributed by atoms with Gasteiger partial charge in [0.25, 0.3) is 11.6 Å². The third kappa shape index (κ3) is 3.61. The van der Waals surface area contributed by atoms with E-state index in [1.165, 1.54) is 23.6 Å². The monoisotopic (exact) mass is 414 g/mol. The van der Waals surface area contributed by atoms with Crippen LogP contribution in [-0.2, 0) is 0 Å². The second kappa shape index (κ2) is 7.32. The summed E-state index contributed by atoms with van der Waals surface area (Å²) in [5, 5.41) is 7.77. The summed E-state index contributed by atoms with van der Waals surface area (Å²) in [7, 11) is 0. The van der Waals surface area contributed by atoms with Crippen molar-refractivity contribution in [2.45, 2.75) is 26.7 Å². The highest BCUT2D eigenvalue weighted by atomic mass is 32.1. The molecule has 3 heterocycles. The van der Waals surface area contributed by atoms with E-state index in [4.69, 9.17) is 4.52 Å². The normalized spacial score (nSPS) is 11.4. The van der Waals surface area contributed by atoms with E-state index in [0.29, 0.717) is 33.1 Å². The SMILES string of the molecule is Cc1sc(NC(=O)c2cnc3onc(C(C)C)c3c2)nc1-c1ccc(F)c(F)c1. The van der Waals surface area contributed by atoms with Gasteiger partial charge in [-0.3, -0.25) is 10.1 Å². The number of carbonyl (C=O) groups is 1. The van der Waals surface area contributed by atoms with E-state index in [2.05, 4.69) is 20.4 Å². The van der Waals surface area contributed by atoms with Crippen molar-refractivity contribution < 1.29 is 18.1 Å². The van der Waals surface area contributed by atoms with Gasteiger partial charge in [0.1, 0.15) is 0 Å². The van der Waals surface area contributed by atoms with Crippen LogP contribution in [0.5, 0.6) is 0 Å². The van der Waals surface area contributed by atoms with Crippen molar-refractivity contribution in [3.63, 3.8) is 0 Å². The first-order chi connectivity index (χ1) is 13.8. The summed E-state index contributed by atoms with van der Waals surface area (Å²) in [4.78, 5) is 21.9. The fourth-order valence-electron chi connectivity index (χ4n) is 2.92. The Bertz CT molecular complexity index is 1230. The number of aromatic nitrogens is 3. The molecule has 6 nitrogen and oxygen atoms in total. The van der Waals surface area contributed by atoms with Gasteiger partial charge in [0.15, 0.2) is 16.8 Å². The summed E-state index contributed by atoms with van der Waals surface area (Å²) in [6.07, 6.45) is 1.41. The van der Waals surface area contributed by atoms with E-state index >= 15 is 0 Å². The van der Waals surface area contributed by atoms with Crippen molar-refractivity contribution in [2.24, 2.45) is 0 Å². The first kappa shape index (κ1) is 19.1. The highest BCUT2D eigenvalue weighted by molar-refractivity contribution is 7.16. The van der Waals surface area contributed by atoms with E-state index in [9.17, 15) is 13.6 Å². The minimum atomic E-state index is -0.949. The Morgan fingerprint density at radius 3 is 2.72 bits per heavy atom. The first-order valence-corrected chi connectivity index (χ1v) is 9.64. The van der Waals surface area contributed by atoms with E-state index in [1.807, 2.05) is 13.8 Å². The third-order valence-corrected chi connectivity index (χ3v) is 5.26. The van der Waals surface area contributed by atoms with Crippen LogP contribution < -0.4 is 5.32 Å². The minimum absolute atomic E-state index is 0.122. The number of rotatable bonds is 4. The van der Waals surface area contributed by atoms with Gasteiger partial charge in [0.05, 0.1) is 22.3 Å². The summed E-state index contributed by atoms with van der Waals surface area (Å²) in [6, 6.07) is 5.26. The molecule has 0 aliphatic rings. The number of hydrogen-bond donors (Lipinski definition) is 1. The molecule has 0 bridgehead atoms. The lowest BCUT2D eigenvalue weighted by atomic mass is 10.1. The number of carbonyl (C=O) groups excluding carboxylic acids is 1. The van der Waals surface area contributed by atoms with Gasteiger partial charge in [-0.2, -0.15) is 0 Å². The molecule has 1 aromatic carbocycles. The number of pyridine rings is 1. The molecule has 0 unspecified atom stereocenters. The summed E-state index contributed by atoms with van der Waals surface area (Å²) in [5.74, 6) is -2.14. The van der Waals surface area contributed by atoms with Gasteiger partial charge >= 0.3 is 0 Å². The predicted octanol–water partition coefficient (Wildman–Crippen LogP) is 5.31. The molecule has 29 heavy (non-hydrogen) atoms. The molecule has 0 atom stereocenters. The number of anilines is 1. The molecular weight excluding hydrogens is 398 g/mol. The van der Waals surface area contributed by atoms with Crippen molar-refractivity contribution in [3.05, 3.63) is 58.2 Å². The van der Waals surface area contributed by atoms with Gasteiger partial charge in [0, 0.05) is 16.6 Å². The molecule has 0 spiro atoms. The lowest BCUT2D eigenvalue weighted by Crippen LogP contribution is -2.12. The van der Waals surface area contributed by atoms with Crippen molar-refractivity contribution >= 4 is 33.5 Å². The minimum Gasteiger partial charge on any atom is -0.336 e. The molecule has 3 aromatic heterocycles. The average molecular weight is 414 g/mol. The Hall–Kier alpha value is -3.20. The number of aryl methyl sites for hydroxylation is 1. The Kier molecular flexibility index (Phi) is 4.83. The molecule has 4 rings (SSSR count). The van der Waals surface area contributed by atoms with Gasteiger partial charge in [0.2, 0.25) is 0 Å². The number of halogens is 2. The summed E-state index contributed by atoms with van der Waals surface area (Å²) in [6.45, 7) is 5.74. The van der Waals surface area contributed by atoms with Crippen molar-refractivity contribution in [1.82, 2.24) is 15.1 Å². The highest BCUT2D eigenvalue weighted by Gasteiger charge is 2.18. The number of thiazole rings is 1. The molecule has 0 radical (unpaired) electrons. The number of fused-ring (bicyclic) bond motifs is 1. The van der Waals surface area contributed by atoms with Crippen molar-refractivity contribution in [2.75, 3.05) is 5.32 Å². The standard InChI is InChI=1S/C20H16F2N4O2S/c1-9(2)16-13-6-12(8-23-19(13)28-26-16)18(27)25-20-24-17(10(3)29-20)11-4-5-14(21)15(22)7-11/h4-9H,1-3H3,(H,24,25,27). The Balaban J connectivity index is 1.61. The second-order valence-corrected chi connectivity index (χ2v) is 8.01. The molecule has 0 aliphatic carbocycles. The molecular formula is C20H16F2N4O2S. The zero-order valence-corrected chi connectivity index (χ0v) is 16.6. The quantitative estimate of drug-likeness (QED) is 0.490. The van der Waals surface area contributed by atoms with E-state index in [0.717, 1.165) is 22.7 Å². The Morgan fingerprint density at radius 1 is 1.21 bits per heavy atom. The van der Waals surface area contributed by atoms with Crippen LogP contribution in [0.3, 0.4) is 0 Å². The first-order valence-electron chi connectivity index (χ1n) is 8.83. The fourth-order valence-corrected chi connectivity index (χ4v) is 3.75. The van der Waals surface area contributed by atoms with E-state index < -0.39 is 11.6 Å². The lowest BCUT2D eigenvalue weighted by molar-refractivity contribution is 0.102. The molecule has 148 valence electrons. The zero-order chi connectivity index (χ0) is 20.7. The predicted molar refractivity (Wildman–Crippen MR) is 106 cm³/mol. The van der Waals surface area contributed by atoms with Crippen LogP contribution in [0.4, 0.5) is 13.9 Å². The van der Waals surface area contributed by atoms with Crippen LogP contribution in [0.15, 0.2) is 35.0 Å². The molecule has 1 N–H and O–H groups in total. The molecule has 0 saturated heterocycles. The number of nitrogens with zero attached hydrogens (tertiary/aromatic N) is 3. The number of benzene rings is 1. The van der Waals surface area contributed by atoms with E-state index in [-0.39, 0.29) is 11.8 Å². The van der Waals surface area contributed by atoms with Crippen LogP contribution in [-0.4, -0.2) is 21.0 Å². The van der Waals surface area contributed by atoms with Gasteiger partial charge < -0.3 is 4.52 Å². The molecule has 0 saturated carbocycles. The maximum atomic E-state index is 13.5. The van der Waals surface area contributed by atoms with Gasteiger partial charge in [-0.25, -0.2) is 18.7 Å². The Labute approximate surface area is 168 Å². The van der Waals surface area contributed by atoms with Gasteiger partial charge in [-0.15, -0.1) is 11.3 Å². The summed E-state index contributed by atoms with van der Waals surface area (Å²) >= 11 is 1.25. The third-order valence-electron chi connectivity index (χ3n) is 4.38.